The Morgan fingerprint density at radius 3 is 2.10 bits per heavy atom. The fraction of sp³-hybridized carbons (Fsp3) is 0. The molecule has 8 heteroatoms. The molecular weight excluding hydrogens is 377 g/mol. The highest BCUT2D eigenvalue weighted by atomic mass is 79.9. The van der Waals surface area contributed by atoms with E-state index in [4.69, 9.17) is 11.6 Å². The molecule has 0 radical (unpaired) electrons. The second-order valence-corrected chi connectivity index (χ2v) is 5.27. The minimum absolute atomic E-state index is 0.124. The molecule has 0 unspecified atom stereocenters. The summed E-state index contributed by atoms with van der Waals surface area (Å²) in [6.07, 6.45) is 0. The van der Waals surface area contributed by atoms with Crippen molar-refractivity contribution in [3.05, 3.63) is 62.6 Å². The first kappa shape index (κ1) is 15.8. The maximum Gasteiger partial charge on any atom is 0.258 e. The Morgan fingerprint density at radius 1 is 0.952 bits per heavy atom. The molecule has 0 heterocycles. The van der Waals surface area contributed by atoms with E-state index in [0.717, 1.165) is 12.1 Å². The van der Waals surface area contributed by atoms with E-state index in [9.17, 15) is 22.4 Å². The normalized spacial score (nSPS) is 10.6. The molecule has 0 aliphatic carbocycles. The molecule has 0 aromatic heterocycles. The third-order valence-corrected chi connectivity index (χ3v) is 3.25. The molecule has 0 aliphatic rings. The molecule has 0 saturated heterocycles. The number of nitrogens with one attached hydrogen (secondary N) is 1. The predicted molar refractivity (Wildman–Crippen MR) is 73.4 cm³/mol. The van der Waals surface area contributed by atoms with E-state index in [1.807, 2.05) is 5.32 Å². The van der Waals surface area contributed by atoms with E-state index in [2.05, 4.69) is 15.9 Å². The van der Waals surface area contributed by atoms with Crippen molar-refractivity contribution in [3.8, 4) is 0 Å². The first-order chi connectivity index (χ1) is 9.79. The Hall–Kier alpha value is -1.60. The zero-order valence-corrected chi connectivity index (χ0v) is 12.3. The lowest BCUT2D eigenvalue weighted by Gasteiger charge is -2.09. The first-order valence-electron chi connectivity index (χ1n) is 5.40. The van der Waals surface area contributed by atoms with Gasteiger partial charge in [-0.25, -0.2) is 17.6 Å². The van der Waals surface area contributed by atoms with Crippen LogP contribution in [0.15, 0.2) is 28.7 Å². The van der Waals surface area contributed by atoms with Gasteiger partial charge in [-0.15, -0.1) is 0 Å². The molecule has 2 rings (SSSR count). The number of hydrogen-bond acceptors (Lipinski definition) is 1. The third kappa shape index (κ3) is 3.36. The van der Waals surface area contributed by atoms with E-state index in [1.165, 1.54) is 0 Å². The Labute approximate surface area is 129 Å². The number of benzene rings is 2. The van der Waals surface area contributed by atoms with Gasteiger partial charge in [0.2, 0.25) is 0 Å². The molecule has 0 saturated carbocycles. The van der Waals surface area contributed by atoms with Crippen LogP contribution < -0.4 is 5.32 Å². The number of anilines is 1. The summed E-state index contributed by atoms with van der Waals surface area (Å²) in [4.78, 5) is 11.8. The van der Waals surface area contributed by atoms with Crippen molar-refractivity contribution in [1.82, 2.24) is 0 Å². The SMILES string of the molecule is O=C(Nc1c(F)cc(Br)cc1F)c1cc(F)c(Cl)cc1F. The number of carbonyl (C=O) groups is 1. The second-order valence-electron chi connectivity index (χ2n) is 3.94. The van der Waals surface area contributed by atoms with Gasteiger partial charge in [-0.2, -0.15) is 0 Å². The summed E-state index contributed by atoms with van der Waals surface area (Å²) in [6, 6.07) is 2.97. The third-order valence-electron chi connectivity index (χ3n) is 2.50. The lowest BCUT2D eigenvalue weighted by atomic mass is 10.2. The molecule has 0 fully saturated rings. The fourth-order valence-corrected chi connectivity index (χ4v) is 2.09. The monoisotopic (exact) mass is 381 g/mol. The highest BCUT2D eigenvalue weighted by Gasteiger charge is 2.19. The van der Waals surface area contributed by atoms with Crippen LogP contribution in [-0.4, -0.2) is 5.91 Å². The Morgan fingerprint density at radius 2 is 1.52 bits per heavy atom. The highest BCUT2D eigenvalue weighted by molar-refractivity contribution is 9.10. The predicted octanol–water partition coefficient (Wildman–Crippen LogP) is 4.91. The van der Waals surface area contributed by atoms with Gasteiger partial charge in [-0.3, -0.25) is 4.79 Å². The van der Waals surface area contributed by atoms with Crippen LogP contribution in [0, 0.1) is 23.3 Å². The van der Waals surface area contributed by atoms with Crippen molar-refractivity contribution < 1.29 is 22.4 Å². The molecule has 0 spiro atoms. The number of amides is 1. The van der Waals surface area contributed by atoms with E-state index in [1.54, 1.807) is 0 Å². The van der Waals surface area contributed by atoms with Gasteiger partial charge in [-0.1, -0.05) is 27.5 Å². The smallest absolute Gasteiger partial charge is 0.258 e. The Kier molecular flexibility index (Phi) is 4.53. The quantitative estimate of drug-likeness (QED) is 0.580. The van der Waals surface area contributed by atoms with Gasteiger partial charge in [0.05, 0.1) is 10.6 Å². The van der Waals surface area contributed by atoms with Crippen LogP contribution in [0.4, 0.5) is 23.2 Å². The van der Waals surface area contributed by atoms with Gasteiger partial charge in [0.15, 0.2) is 11.6 Å². The topological polar surface area (TPSA) is 29.1 Å². The zero-order valence-electron chi connectivity index (χ0n) is 9.99. The van der Waals surface area contributed by atoms with Gasteiger partial charge in [0.1, 0.15) is 17.3 Å². The molecule has 0 aliphatic heterocycles. The molecule has 2 aromatic rings. The van der Waals surface area contributed by atoms with Crippen LogP contribution in [0.25, 0.3) is 0 Å². The summed E-state index contributed by atoms with van der Waals surface area (Å²) in [6.45, 7) is 0. The summed E-state index contributed by atoms with van der Waals surface area (Å²) in [5.41, 5.74) is -1.49. The number of hydrogen-bond donors (Lipinski definition) is 1. The molecule has 110 valence electrons. The second kappa shape index (κ2) is 6.03. The molecule has 2 nitrogen and oxygen atoms in total. The van der Waals surface area contributed by atoms with Crippen molar-refractivity contribution in [2.24, 2.45) is 0 Å². The summed E-state index contributed by atoms with van der Waals surface area (Å²) < 4.78 is 54.0. The van der Waals surface area contributed by atoms with Crippen LogP contribution >= 0.6 is 27.5 Å². The van der Waals surface area contributed by atoms with Crippen molar-refractivity contribution in [2.75, 3.05) is 5.32 Å². The van der Waals surface area contributed by atoms with E-state index in [0.29, 0.717) is 12.1 Å². The van der Waals surface area contributed by atoms with E-state index in [-0.39, 0.29) is 4.47 Å². The van der Waals surface area contributed by atoms with Gasteiger partial charge in [0.25, 0.3) is 5.91 Å². The van der Waals surface area contributed by atoms with Gasteiger partial charge in [0, 0.05) is 4.47 Å². The van der Waals surface area contributed by atoms with Crippen LogP contribution in [0.5, 0.6) is 0 Å². The van der Waals surface area contributed by atoms with Crippen molar-refractivity contribution in [2.45, 2.75) is 0 Å². The van der Waals surface area contributed by atoms with E-state index < -0.39 is 45.4 Å². The molecule has 0 bridgehead atoms. The van der Waals surface area contributed by atoms with Crippen molar-refractivity contribution in [1.29, 1.82) is 0 Å². The van der Waals surface area contributed by atoms with Crippen LogP contribution in [0.2, 0.25) is 5.02 Å². The lowest BCUT2D eigenvalue weighted by Crippen LogP contribution is -2.16. The van der Waals surface area contributed by atoms with Crippen molar-refractivity contribution in [3.63, 3.8) is 0 Å². The standard InChI is InChI=1S/C13H5BrClF4NO/c14-5-1-10(18)12(11(19)2-5)20-13(21)6-3-9(17)7(15)4-8(6)16/h1-4H,(H,20,21). The van der Waals surface area contributed by atoms with Crippen LogP contribution in [0.3, 0.4) is 0 Å². The average Bonchev–Trinajstić information content (AvgIpc) is 2.37. The van der Waals surface area contributed by atoms with Crippen molar-refractivity contribution >= 4 is 39.1 Å². The summed E-state index contributed by atoms with van der Waals surface area (Å²) in [5.74, 6) is -5.48. The minimum atomic E-state index is -1.21. The number of rotatable bonds is 2. The first-order valence-corrected chi connectivity index (χ1v) is 6.57. The molecule has 21 heavy (non-hydrogen) atoms. The minimum Gasteiger partial charge on any atom is -0.317 e. The summed E-state index contributed by atoms with van der Waals surface area (Å²) >= 11 is 8.22. The van der Waals surface area contributed by atoms with Crippen LogP contribution in [-0.2, 0) is 0 Å². The molecule has 1 amide bonds. The summed E-state index contributed by atoms with van der Waals surface area (Å²) in [5, 5.41) is 1.34. The van der Waals surface area contributed by atoms with E-state index >= 15 is 0 Å². The summed E-state index contributed by atoms with van der Waals surface area (Å²) in [7, 11) is 0. The average molecular weight is 383 g/mol. The molecule has 1 N–H and O–H groups in total. The van der Waals surface area contributed by atoms with Crippen LogP contribution in [0.1, 0.15) is 10.4 Å². The fourth-order valence-electron chi connectivity index (χ4n) is 1.54. The maximum absolute atomic E-state index is 13.6. The number of carbonyl (C=O) groups excluding carboxylic acids is 1. The lowest BCUT2D eigenvalue weighted by molar-refractivity contribution is 0.102. The van der Waals surface area contributed by atoms with Gasteiger partial charge >= 0.3 is 0 Å². The van der Waals surface area contributed by atoms with Gasteiger partial charge < -0.3 is 5.32 Å². The Bertz CT molecular complexity index is 715. The molecule has 0 atom stereocenters. The maximum atomic E-state index is 13.6. The van der Waals surface area contributed by atoms with Gasteiger partial charge in [-0.05, 0) is 24.3 Å². The molecule has 2 aromatic carbocycles. The highest BCUT2D eigenvalue weighted by Crippen LogP contribution is 2.25. The Balaban J connectivity index is 2.37. The zero-order chi connectivity index (χ0) is 15.7. The largest absolute Gasteiger partial charge is 0.317 e. The number of halogens is 6. The molecular formula is C13H5BrClF4NO.